The molecule has 1 aliphatic heterocycles. The molecule has 116 valence electrons. The lowest BCUT2D eigenvalue weighted by Gasteiger charge is -2.19. The van der Waals surface area contributed by atoms with E-state index in [0.29, 0.717) is 4.91 Å². The van der Waals surface area contributed by atoms with Gasteiger partial charge in [-0.3, -0.25) is 14.5 Å². The number of benzene rings is 1. The van der Waals surface area contributed by atoms with Gasteiger partial charge in [0.2, 0.25) is 0 Å². The summed E-state index contributed by atoms with van der Waals surface area (Å²) in [7, 11) is 0. The third kappa shape index (κ3) is 3.39. The van der Waals surface area contributed by atoms with Crippen molar-refractivity contribution in [3.63, 3.8) is 0 Å². The minimum Gasteiger partial charge on any atom is -0.464 e. The topological polar surface area (TPSA) is 63.7 Å². The van der Waals surface area contributed by atoms with E-state index < -0.39 is 23.2 Å². The molecule has 22 heavy (non-hydrogen) atoms. The van der Waals surface area contributed by atoms with Crippen molar-refractivity contribution >= 4 is 35.0 Å². The maximum absolute atomic E-state index is 12.3. The molecule has 0 N–H and O–H groups in total. The van der Waals surface area contributed by atoms with Gasteiger partial charge in [0.1, 0.15) is 6.04 Å². The molecule has 0 aliphatic carbocycles. The molecule has 5 nitrogen and oxygen atoms in total. The SMILES string of the molecule is CCOC(=O)[C@H](C)N1C(=O)S/C(=C\c2ccc(C)cc2)C1=O. The summed E-state index contributed by atoms with van der Waals surface area (Å²) in [5, 5.41) is -0.455. The second-order valence-corrected chi connectivity index (χ2v) is 5.88. The van der Waals surface area contributed by atoms with E-state index in [-0.39, 0.29) is 6.61 Å². The molecule has 6 heteroatoms. The first kappa shape index (κ1) is 16.3. The zero-order chi connectivity index (χ0) is 16.3. The Morgan fingerprint density at radius 1 is 1.32 bits per heavy atom. The Morgan fingerprint density at radius 2 is 1.95 bits per heavy atom. The number of aryl methyl sites for hydroxylation is 1. The number of nitrogens with zero attached hydrogens (tertiary/aromatic N) is 1. The van der Waals surface area contributed by atoms with Gasteiger partial charge in [0.05, 0.1) is 11.5 Å². The van der Waals surface area contributed by atoms with E-state index in [1.54, 1.807) is 13.0 Å². The van der Waals surface area contributed by atoms with Crippen LogP contribution in [0.1, 0.15) is 25.0 Å². The van der Waals surface area contributed by atoms with E-state index in [9.17, 15) is 14.4 Å². The van der Waals surface area contributed by atoms with Gasteiger partial charge < -0.3 is 4.74 Å². The van der Waals surface area contributed by atoms with Crippen molar-refractivity contribution in [1.29, 1.82) is 0 Å². The van der Waals surface area contributed by atoms with Crippen LogP contribution in [-0.2, 0) is 14.3 Å². The molecule has 0 spiro atoms. The van der Waals surface area contributed by atoms with E-state index in [1.165, 1.54) is 6.92 Å². The van der Waals surface area contributed by atoms with E-state index in [2.05, 4.69) is 0 Å². The highest BCUT2D eigenvalue weighted by Gasteiger charge is 2.41. The molecule has 0 bridgehead atoms. The van der Waals surface area contributed by atoms with Crippen molar-refractivity contribution in [1.82, 2.24) is 4.90 Å². The lowest BCUT2D eigenvalue weighted by Crippen LogP contribution is -2.42. The van der Waals surface area contributed by atoms with Crippen molar-refractivity contribution in [2.75, 3.05) is 6.61 Å². The minimum absolute atomic E-state index is 0.207. The summed E-state index contributed by atoms with van der Waals surface area (Å²) in [5.41, 5.74) is 1.95. The van der Waals surface area contributed by atoms with Crippen molar-refractivity contribution in [3.05, 3.63) is 40.3 Å². The zero-order valence-electron chi connectivity index (χ0n) is 12.7. The summed E-state index contributed by atoms with van der Waals surface area (Å²) in [5.74, 6) is -1.04. The van der Waals surface area contributed by atoms with Crippen LogP contribution >= 0.6 is 11.8 Å². The Balaban J connectivity index is 2.21. The van der Waals surface area contributed by atoms with Crippen molar-refractivity contribution < 1.29 is 19.1 Å². The van der Waals surface area contributed by atoms with Gasteiger partial charge in [0.15, 0.2) is 0 Å². The summed E-state index contributed by atoms with van der Waals surface area (Å²) < 4.78 is 4.87. The van der Waals surface area contributed by atoms with Crippen LogP contribution in [0.4, 0.5) is 4.79 Å². The van der Waals surface area contributed by atoms with Crippen molar-refractivity contribution in [2.24, 2.45) is 0 Å². The second kappa shape index (κ2) is 6.79. The first-order chi connectivity index (χ1) is 10.4. The van der Waals surface area contributed by atoms with Gasteiger partial charge in [-0.1, -0.05) is 29.8 Å². The summed E-state index contributed by atoms with van der Waals surface area (Å²) in [6.07, 6.45) is 1.65. The first-order valence-corrected chi connectivity index (χ1v) is 7.76. The van der Waals surface area contributed by atoms with Crippen LogP contribution in [0.25, 0.3) is 6.08 Å². The van der Waals surface area contributed by atoms with Gasteiger partial charge in [-0.15, -0.1) is 0 Å². The monoisotopic (exact) mass is 319 g/mol. The number of ether oxygens (including phenoxy) is 1. The fourth-order valence-electron chi connectivity index (χ4n) is 2.00. The standard InChI is InChI=1S/C16H17NO4S/c1-4-21-15(19)11(3)17-14(18)13(22-16(17)20)9-12-7-5-10(2)6-8-12/h5-9,11H,4H2,1-3H3/b13-9-/t11-/m0/s1. The molecule has 1 aliphatic rings. The quantitative estimate of drug-likeness (QED) is 0.630. The predicted molar refractivity (Wildman–Crippen MR) is 85.1 cm³/mol. The van der Waals surface area contributed by atoms with Gasteiger partial charge >= 0.3 is 5.97 Å². The Morgan fingerprint density at radius 3 is 2.55 bits per heavy atom. The number of carbonyl (C=O) groups is 3. The first-order valence-electron chi connectivity index (χ1n) is 6.94. The summed E-state index contributed by atoms with van der Waals surface area (Å²) in [6.45, 7) is 5.34. The van der Waals surface area contributed by atoms with Gasteiger partial charge in [-0.2, -0.15) is 0 Å². The molecule has 1 heterocycles. The van der Waals surface area contributed by atoms with Crippen LogP contribution < -0.4 is 0 Å². The van der Waals surface area contributed by atoms with Crippen LogP contribution in [0.3, 0.4) is 0 Å². The number of hydrogen-bond acceptors (Lipinski definition) is 5. The molecule has 1 aromatic carbocycles. The van der Waals surface area contributed by atoms with Gasteiger partial charge in [0.25, 0.3) is 11.1 Å². The predicted octanol–water partition coefficient (Wildman–Crippen LogP) is 2.98. The highest BCUT2D eigenvalue weighted by atomic mass is 32.2. The number of rotatable bonds is 4. The average Bonchev–Trinajstić information content (AvgIpc) is 2.75. The van der Waals surface area contributed by atoms with Crippen LogP contribution in [0, 0.1) is 6.92 Å². The molecule has 1 atom stereocenters. The Hall–Kier alpha value is -2.08. The summed E-state index contributed by atoms with van der Waals surface area (Å²) in [6, 6.07) is 6.68. The minimum atomic E-state index is -0.920. The largest absolute Gasteiger partial charge is 0.464 e. The molecular weight excluding hydrogens is 302 g/mol. The number of thioether (sulfide) groups is 1. The van der Waals surface area contributed by atoms with Crippen LogP contribution in [-0.4, -0.2) is 34.7 Å². The number of esters is 1. The fourth-order valence-corrected chi connectivity index (χ4v) is 2.90. The molecule has 2 rings (SSSR count). The highest BCUT2D eigenvalue weighted by Crippen LogP contribution is 2.33. The maximum Gasteiger partial charge on any atom is 0.329 e. The van der Waals surface area contributed by atoms with E-state index in [0.717, 1.165) is 27.8 Å². The molecular formula is C16H17NO4S. The average molecular weight is 319 g/mol. The number of amides is 2. The molecule has 1 saturated heterocycles. The van der Waals surface area contributed by atoms with Crippen LogP contribution in [0.2, 0.25) is 0 Å². The second-order valence-electron chi connectivity index (χ2n) is 4.89. The molecule has 1 aromatic rings. The van der Waals surface area contributed by atoms with Crippen LogP contribution in [0.5, 0.6) is 0 Å². The number of hydrogen-bond donors (Lipinski definition) is 0. The van der Waals surface area contributed by atoms with Gasteiger partial charge in [-0.05, 0) is 44.2 Å². The number of carbonyl (C=O) groups excluding carboxylic acids is 3. The molecule has 0 unspecified atom stereocenters. The van der Waals surface area contributed by atoms with E-state index in [1.807, 2.05) is 31.2 Å². The summed E-state index contributed by atoms with van der Waals surface area (Å²) >= 11 is 0.835. The molecule has 1 fully saturated rings. The Kier molecular flexibility index (Phi) is 5.03. The lowest BCUT2D eigenvalue weighted by molar-refractivity contribution is -0.150. The molecule has 0 aromatic heterocycles. The summed E-state index contributed by atoms with van der Waals surface area (Å²) in [4.78, 5) is 37.3. The van der Waals surface area contributed by atoms with Crippen LogP contribution in [0.15, 0.2) is 29.2 Å². The maximum atomic E-state index is 12.3. The Bertz CT molecular complexity index is 636. The lowest BCUT2D eigenvalue weighted by atomic mass is 10.1. The normalized spacial score (nSPS) is 18.0. The smallest absolute Gasteiger partial charge is 0.329 e. The number of imide groups is 1. The molecule has 0 radical (unpaired) electrons. The molecule has 0 saturated carbocycles. The van der Waals surface area contributed by atoms with Gasteiger partial charge in [0, 0.05) is 0 Å². The van der Waals surface area contributed by atoms with E-state index in [4.69, 9.17) is 4.74 Å². The highest BCUT2D eigenvalue weighted by molar-refractivity contribution is 8.18. The van der Waals surface area contributed by atoms with Crippen molar-refractivity contribution in [3.8, 4) is 0 Å². The third-order valence-corrected chi connectivity index (χ3v) is 4.10. The zero-order valence-corrected chi connectivity index (χ0v) is 13.5. The van der Waals surface area contributed by atoms with Gasteiger partial charge in [-0.25, -0.2) is 4.79 Å². The molecule has 2 amide bonds. The Labute approximate surface area is 133 Å². The fraction of sp³-hybridized carbons (Fsp3) is 0.312. The van der Waals surface area contributed by atoms with E-state index >= 15 is 0 Å². The third-order valence-electron chi connectivity index (χ3n) is 3.21. The van der Waals surface area contributed by atoms with Crippen molar-refractivity contribution in [2.45, 2.75) is 26.8 Å².